The van der Waals surface area contributed by atoms with Crippen molar-refractivity contribution in [3.63, 3.8) is 0 Å². The Hall–Kier alpha value is -1.03. The van der Waals surface area contributed by atoms with E-state index < -0.39 is 5.54 Å². The number of rotatable bonds is 3. The molecule has 1 amide bonds. The Morgan fingerprint density at radius 1 is 1.37 bits per heavy atom. The number of primary amides is 1. The molecule has 19 heavy (non-hydrogen) atoms. The monoisotopic (exact) mass is 324 g/mol. The van der Waals surface area contributed by atoms with Crippen LogP contribution < -0.4 is 11.1 Å². The summed E-state index contributed by atoms with van der Waals surface area (Å²) < 4.78 is 0.993. The lowest BCUT2D eigenvalue weighted by Crippen LogP contribution is -2.55. The van der Waals surface area contributed by atoms with E-state index in [1.807, 2.05) is 24.3 Å². The van der Waals surface area contributed by atoms with Crippen LogP contribution in [-0.4, -0.2) is 11.4 Å². The molecule has 1 fully saturated rings. The van der Waals surface area contributed by atoms with E-state index in [9.17, 15) is 4.79 Å². The van der Waals surface area contributed by atoms with E-state index in [4.69, 9.17) is 5.73 Å². The summed E-state index contributed by atoms with van der Waals surface area (Å²) in [4.78, 5) is 12.0. The molecule has 0 heterocycles. The number of benzene rings is 1. The first-order chi connectivity index (χ1) is 8.83. The number of carbonyl (C=O) groups is 1. The van der Waals surface area contributed by atoms with Crippen molar-refractivity contribution in [2.45, 2.75) is 45.1 Å². The molecule has 3 nitrogen and oxygen atoms in total. The lowest BCUT2D eigenvalue weighted by molar-refractivity contribution is -0.124. The van der Waals surface area contributed by atoms with Crippen LogP contribution in [0.2, 0.25) is 0 Å². The van der Waals surface area contributed by atoms with Gasteiger partial charge in [-0.2, -0.15) is 0 Å². The maximum absolute atomic E-state index is 12.0. The Balaban J connectivity index is 2.28. The zero-order valence-corrected chi connectivity index (χ0v) is 13.1. The minimum absolute atomic E-state index is 0.145. The maximum atomic E-state index is 12.0. The molecule has 1 aromatic rings. The molecular formula is C15H21BrN2O. The van der Waals surface area contributed by atoms with Crippen LogP contribution in [-0.2, 0) is 4.79 Å². The Bertz CT molecular complexity index is 487. The molecule has 0 saturated heterocycles. The van der Waals surface area contributed by atoms with E-state index in [1.54, 1.807) is 0 Å². The first-order valence-corrected chi connectivity index (χ1v) is 7.46. The average molecular weight is 325 g/mol. The van der Waals surface area contributed by atoms with Crippen molar-refractivity contribution in [2.75, 3.05) is 5.32 Å². The summed E-state index contributed by atoms with van der Waals surface area (Å²) in [5.74, 6) is -0.250. The molecule has 1 unspecified atom stereocenters. The maximum Gasteiger partial charge on any atom is 0.243 e. The van der Waals surface area contributed by atoms with Gasteiger partial charge in [-0.3, -0.25) is 4.79 Å². The van der Waals surface area contributed by atoms with Crippen LogP contribution in [0.3, 0.4) is 0 Å². The zero-order chi connectivity index (χ0) is 14.1. The molecule has 1 atom stereocenters. The smallest absolute Gasteiger partial charge is 0.243 e. The van der Waals surface area contributed by atoms with Crippen LogP contribution >= 0.6 is 15.9 Å². The highest BCUT2D eigenvalue weighted by Gasteiger charge is 2.44. The molecule has 104 valence electrons. The second kappa shape index (κ2) is 5.16. The highest BCUT2D eigenvalue weighted by Crippen LogP contribution is 2.42. The van der Waals surface area contributed by atoms with E-state index in [1.165, 1.54) is 0 Å². The van der Waals surface area contributed by atoms with Crippen LogP contribution in [0.1, 0.15) is 39.5 Å². The molecule has 4 heteroatoms. The minimum Gasteiger partial charge on any atom is -0.371 e. The summed E-state index contributed by atoms with van der Waals surface area (Å²) >= 11 is 3.45. The standard InChI is InChI=1S/C15H21BrN2O/c1-14(2)7-4-8-15(10-14,13(17)19)18-12-6-3-5-11(16)9-12/h3,5-6,9,18H,4,7-8,10H2,1-2H3,(H2,17,19). The Morgan fingerprint density at radius 2 is 2.11 bits per heavy atom. The highest BCUT2D eigenvalue weighted by molar-refractivity contribution is 9.10. The summed E-state index contributed by atoms with van der Waals surface area (Å²) in [6.45, 7) is 4.40. The number of carbonyl (C=O) groups excluding carboxylic acids is 1. The first kappa shape index (κ1) is 14.4. The van der Waals surface area contributed by atoms with Crippen LogP contribution in [0, 0.1) is 5.41 Å². The Kier molecular flexibility index (Phi) is 3.90. The fraction of sp³-hybridized carbons (Fsp3) is 0.533. The summed E-state index contributed by atoms with van der Waals surface area (Å²) in [6.07, 6.45) is 3.75. The molecule has 0 aliphatic heterocycles. The summed E-state index contributed by atoms with van der Waals surface area (Å²) in [5.41, 5.74) is 6.15. The third kappa shape index (κ3) is 3.30. The van der Waals surface area contributed by atoms with Crippen LogP contribution in [0.15, 0.2) is 28.7 Å². The van der Waals surface area contributed by atoms with Gasteiger partial charge < -0.3 is 11.1 Å². The normalized spacial score (nSPS) is 25.8. The molecule has 1 aliphatic rings. The van der Waals surface area contributed by atoms with Crippen LogP contribution in [0.25, 0.3) is 0 Å². The molecule has 0 bridgehead atoms. The van der Waals surface area contributed by atoms with Gasteiger partial charge in [0.2, 0.25) is 5.91 Å². The fourth-order valence-electron chi connectivity index (χ4n) is 3.08. The molecule has 0 spiro atoms. The zero-order valence-electron chi connectivity index (χ0n) is 11.5. The van der Waals surface area contributed by atoms with E-state index >= 15 is 0 Å². The van der Waals surface area contributed by atoms with Gasteiger partial charge in [-0.1, -0.05) is 42.3 Å². The number of hydrogen-bond acceptors (Lipinski definition) is 2. The number of hydrogen-bond donors (Lipinski definition) is 2. The average Bonchev–Trinajstić information content (AvgIpc) is 2.27. The largest absolute Gasteiger partial charge is 0.371 e. The van der Waals surface area contributed by atoms with Gasteiger partial charge in [0.15, 0.2) is 0 Å². The van der Waals surface area contributed by atoms with Gasteiger partial charge in [0.05, 0.1) is 0 Å². The van der Waals surface area contributed by atoms with Crippen molar-refractivity contribution in [2.24, 2.45) is 11.1 Å². The first-order valence-electron chi connectivity index (χ1n) is 6.67. The molecule has 0 radical (unpaired) electrons. The molecule has 2 rings (SSSR count). The molecule has 0 aromatic heterocycles. The Labute approximate surface area is 123 Å². The summed E-state index contributed by atoms with van der Waals surface area (Å²) in [5, 5.41) is 3.39. The minimum atomic E-state index is -0.622. The van der Waals surface area contributed by atoms with E-state index in [0.29, 0.717) is 0 Å². The van der Waals surface area contributed by atoms with Gasteiger partial charge in [0.25, 0.3) is 0 Å². The summed E-state index contributed by atoms with van der Waals surface area (Å²) in [7, 11) is 0. The predicted octanol–water partition coefficient (Wildman–Crippen LogP) is 3.69. The van der Waals surface area contributed by atoms with Crippen molar-refractivity contribution in [1.82, 2.24) is 0 Å². The quantitative estimate of drug-likeness (QED) is 0.890. The highest BCUT2D eigenvalue weighted by atomic mass is 79.9. The number of amides is 1. The number of anilines is 1. The molecule has 1 aromatic carbocycles. The Morgan fingerprint density at radius 3 is 2.68 bits per heavy atom. The van der Waals surface area contributed by atoms with Crippen LogP contribution in [0.5, 0.6) is 0 Å². The number of nitrogens with two attached hydrogens (primary N) is 1. The van der Waals surface area contributed by atoms with E-state index in [2.05, 4.69) is 35.1 Å². The predicted molar refractivity (Wildman–Crippen MR) is 81.9 cm³/mol. The van der Waals surface area contributed by atoms with E-state index in [0.717, 1.165) is 35.8 Å². The molecule has 1 saturated carbocycles. The van der Waals surface area contributed by atoms with Gasteiger partial charge in [0.1, 0.15) is 5.54 Å². The van der Waals surface area contributed by atoms with Crippen molar-refractivity contribution < 1.29 is 4.79 Å². The molecule has 3 N–H and O–H groups in total. The van der Waals surface area contributed by atoms with Gasteiger partial charge in [-0.25, -0.2) is 0 Å². The number of nitrogens with one attached hydrogen (secondary N) is 1. The van der Waals surface area contributed by atoms with Gasteiger partial charge >= 0.3 is 0 Å². The SMILES string of the molecule is CC1(C)CCCC(Nc2cccc(Br)c2)(C(N)=O)C1. The van der Waals surface area contributed by atoms with Crippen molar-refractivity contribution >= 4 is 27.5 Å². The second-order valence-electron chi connectivity index (χ2n) is 6.28. The second-order valence-corrected chi connectivity index (χ2v) is 7.19. The fourth-order valence-corrected chi connectivity index (χ4v) is 3.48. The number of halogens is 1. The topological polar surface area (TPSA) is 55.1 Å². The third-order valence-electron chi connectivity index (χ3n) is 3.92. The van der Waals surface area contributed by atoms with E-state index in [-0.39, 0.29) is 11.3 Å². The van der Waals surface area contributed by atoms with Crippen molar-refractivity contribution in [3.05, 3.63) is 28.7 Å². The lowest BCUT2D eigenvalue weighted by Gasteiger charge is -2.43. The van der Waals surface area contributed by atoms with Gasteiger partial charge in [-0.05, 0) is 42.9 Å². The van der Waals surface area contributed by atoms with Crippen molar-refractivity contribution in [3.8, 4) is 0 Å². The lowest BCUT2D eigenvalue weighted by atomic mass is 9.67. The summed E-state index contributed by atoms with van der Waals surface area (Å²) in [6, 6.07) is 7.87. The molecular weight excluding hydrogens is 304 g/mol. The van der Waals surface area contributed by atoms with Crippen LogP contribution in [0.4, 0.5) is 5.69 Å². The van der Waals surface area contributed by atoms with Gasteiger partial charge in [-0.15, -0.1) is 0 Å². The third-order valence-corrected chi connectivity index (χ3v) is 4.41. The van der Waals surface area contributed by atoms with Crippen molar-refractivity contribution in [1.29, 1.82) is 0 Å². The van der Waals surface area contributed by atoms with Gasteiger partial charge in [0, 0.05) is 10.2 Å². The molecule has 1 aliphatic carbocycles.